The van der Waals surface area contributed by atoms with E-state index in [2.05, 4.69) is 63.7 Å². The van der Waals surface area contributed by atoms with Gasteiger partial charge in [-0.3, -0.25) is 9.59 Å². The molecule has 21 heteroatoms. The Morgan fingerprint density at radius 3 is 1.78 bits per heavy atom. The van der Waals surface area contributed by atoms with Gasteiger partial charge in [0.05, 0.1) is 61.1 Å². The number of benzene rings is 4. The number of aryl methyl sites for hydroxylation is 7. The molecule has 0 saturated heterocycles. The predicted molar refractivity (Wildman–Crippen MR) is 277 cm³/mol. The van der Waals surface area contributed by atoms with Gasteiger partial charge in [-0.2, -0.15) is 9.97 Å². The number of aliphatic hydroxyl groups excluding tert-OH is 1. The number of pyridine rings is 1. The number of rotatable bonds is 7. The minimum Gasteiger partial charge on any atom is -0.499 e. The molecule has 0 aliphatic rings. The number of halogens is 6. The molecule has 0 aliphatic heterocycles. The van der Waals surface area contributed by atoms with Crippen LogP contribution in [0.15, 0.2) is 76.5 Å². The molecule has 67 heavy (non-hydrogen) atoms. The van der Waals surface area contributed by atoms with Gasteiger partial charge in [0.1, 0.15) is 18.2 Å². The quantitative estimate of drug-likeness (QED) is 0.0248. The lowest BCUT2D eigenvalue weighted by Gasteiger charge is -2.10. The van der Waals surface area contributed by atoms with E-state index in [9.17, 15) is 9.59 Å². The Hall–Kier alpha value is -5.21. The van der Waals surface area contributed by atoms with Gasteiger partial charge in [-0.15, -0.1) is 0 Å². The van der Waals surface area contributed by atoms with Gasteiger partial charge in [-0.25, -0.2) is 4.98 Å². The van der Waals surface area contributed by atoms with Crippen LogP contribution in [0.4, 0.5) is 17.1 Å². The number of fused-ring (bicyclic) bond motifs is 1. The van der Waals surface area contributed by atoms with Crippen LogP contribution < -0.4 is 17.2 Å². The number of nitrogens with zero attached hydrogens (tertiary/aromatic N) is 5. The number of ether oxygens (including phenoxy) is 1. The van der Waals surface area contributed by atoms with Crippen LogP contribution in [0.25, 0.3) is 22.4 Å². The maximum absolute atomic E-state index is 11.0. The molecule has 4 aromatic carbocycles. The number of hydrogen-bond donors (Lipinski definition) is 5. The molecular formula is C46H50Cl5IN8O7. The first-order chi connectivity index (χ1) is 31.4. The Bertz CT molecular complexity index is 2780. The second-order valence-corrected chi connectivity index (χ2v) is 17.3. The largest absolute Gasteiger partial charge is 0.499 e. The number of carboxylic acids is 1. The Morgan fingerprint density at radius 1 is 0.746 bits per heavy atom. The van der Waals surface area contributed by atoms with Gasteiger partial charge in [-0.05, 0) is 154 Å². The smallest absolute Gasteiger partial charge is 0.312 e. The second kappa shape index (κ2) is 28.2. The van der Waals surface area contributed by atoms with Crippen molar-refractivity contribution >= 4 is 120 Å². The van der Waals surface area contributed by atoms with Gasteiger partial charge >= 0.3 is 5.97 Å². The molecule has 0 bridgehead atoms. The molecule has 7 rings (SSSR count). The molecule has 0 fully saturated rings. The highest BCUT2D eigenvalue weighted by Crippen LogP contribution is 2.36. The molecule has 0 radical (unpaired) electrons. The number of nitrogen functional groups attached to an aromatic ring is 3. The second-order valence-electron chi connectivity index (χ2n) is 14.2. The van der Waals surface area contributed by atoms with Gasteiger partial charge in [0.25, 0.3) is 5.89 Å². The lowest BCUT2D eigenvalue weighted by molar-refractivity contribution is -0.136. The third kappa shape index (κ3) is 19.1. The number of anilines is 3. The first kappa shape index (κ1) is 57.9. The maximum Gasteiger partial charge on any atom is 0.312 e. The molecule has 3 aromatic heterocycles. The number of carbonyl (C=O) groups excluding carboxylic acids is 1. The van der Waals surface area contributed by atoms with Crippen LogP contribution in [-0.4, -0.2) is 60.4 Å². The van der Waals surface area contributed by atoms with Crippen molar-refractivity contribution in [2.75, 3.05) is 30.4 Å². The fourth-order valence-corrected chi connectivity index (χ4v) is 7.64. The molecular weight excluding hydrogens is 1080 g/mol. The zero-order valence-corrected chi connectivity index (χ0v) is 43.7. The Morgan fingerprint density at radius 2 is 1.30 bits per heavy atom. The summed E-state index contributed by atoms with van der Waals surface area (Å²) >= 11 is 31.9. The number of carbonyl (C=O) groups is 2. The van der Waals surface area contributed by atoms with E-state index in [4.69, 9.17) is 89.9 Å². The van der Waals surface area contributed by atoms with E-state index in [0.717, 1.165) is 36.8 Å². The van der Waals surface area contributed by atoms with E-state index in [0.29, 0.717) is 83.1 Å². The van der Waals surface area contributed by atoms with Crippen LogP contribution >= 0.6 is 80.6 Å². The van der Waals surface area contributed by atoms with Crippen molar-refractivity contribution in [3.63, 3.8) is 0 Å². The monoisotopic (exact) mass is 1130 g/mol. The fourth-order valence-electron chi connectivity index (χ4n) is 5.29. The fraction of sp³-hybridized carbons (Fsp3) is 0.239. The highest BCUT2D eigenvalue weighted by atomic mass is 127. The Labute approximate surface area is 427 Å². The topological polar surface area (TPSA) is 253 Å². The molecule has 8 N–H and O–H groups in total. The number of aromatic nitrogens is 5. The maximum atomic E-state index is 11.0. The standard InChI is InChI=1S/C14H11Cl2N3O.C9H10ClNO.C7H7ClIN.C7H8ClN.C5H6N2O3.C4H8O2/c1-6-4-9-7(2)11(14-17-8(3)19-20-14)13(16)18-12(9)10(15)5-6;1-5-3-7(6(2)12)9(11)8(10)4-5;1-4-2-5(8)7(10)6(9)3-4;1-5-2-3-7(9)6(8)4-5;1-3-6-4(10-7-3)2-5(8)9;1-2-6-4-3-5/h4-5H,1-3H3;3-4H,11H2,1-2H3;2-3H,10H2,1H3;2-4H,9H2,1H3;2H2,1H3,(H,8,9);2,5H,1,3-4H2. The Kier molecular flexibility index (Phi) is 24.4. The lowest BCUT2D eigenvalue weighted by Crippen LogP contribution is -2.00. The van der Waals surface area contributed by atoms with Crippen molar-refractivity contribution in [2.45, 2.75) is 61.8 Å². The van der Waals surface area contributed by atoms with E-state index < -0.39 is 5.97 Å². The molecule has 15 nitrogen and oxygen atoms in total. The number of carboxylic acid groups (broad SMARTS) is 1. The third-order valence-electron chi connectivity index (χ3n) is 8.38. The Balaban J connectivity index is 0.000000289. The molecule has 0 saturated carbocycles. The van der Waals surface area contributed by atoms with E-state index in [1.807, 2.05) is 71.0 Å². The van der Waals surface area contributed by atoms with Crippen LogP contribution in [0, 0.1) is 52.0 Å². The number of aliphatic hydroxyl groups is 1. The van der Waals surface area contributed by atoms with Crippen LogP contribution in [-0.2, 0) is 16.0 Å². The highest BCUT2D eigenvalue weighted by Gasteiger charge is 2.19. The number of ketones is 1. The normalized spacial score (nSPS) is 10.0. The summed E-state index contributed by atoms with van der Waals surface area (Å²) in [7, 11) is 0. The minimum absolute atomic E-state index is 0.0573. The molecule has 7 aromatic rings. The van der Waals surface area contributed by atoms with Gasteiger partial charge < -0.3 is 41.2 Å². The molecule has 0 amide bonds. The summed E-state index contributed by atoms with van der Waals surface area (Å²) in [6, 6.07) is 16.8. The SMILES string of the molecule is C=COCCO.CC(=O)c1cc(C)cc(Cl)c1N.Cc1cc(Cl)c(N)c(I)c1.Cc1cc(Cl)c2nc(Cl)c(-c3nc(C)no3)c(C)c2c1.Cc1ccc(N)c(Cl)c1.Cc1noc(CC(=O)O)n1. The number of Topliss-reactive ketones (excluding diaryl/α,β-unsaturated/α-hetero) is 1. The summed E-state index contributed by atoms with van der Waals surface area (Å²) in [5, 5.41) is 27.0. The van der Waals surface area contributed by atoms with Gasteiger partial charge in [-0.1, -0.05) is 81.0 Å². The van der Waals surface area contributed by atoms with E-state index >= 15 is 0 Å². The lowest BCUT2D eigenvalue weighted by atomic mass is 10.0. The van der Waals surface area contributed by atoms with Crippen molar-refractivity contribution in [3.05, 3.63) is 147 Å². The van der Waals surface area contributed by atoms with E-state index in [1.165, 1.54) is 13.2 Å². The van der Waals surface area contributed by atoms with Crippen molar-refractivity contribution in [2.24, 2.45) is 0 Å². The third-order valence-corrected chi connectivity index (χ3v) is 10.8. The minimum atomic E-state index is -0.969. The summed E-state index contributed by atoms with van der Waals surface area (Å²) in [6.45, 7) is 18.3. The van der Waals surface area contributed by atoms with E-state index in [1.54, 1.807) is 32.0 Å². The van der Waals surface area contributed by atoms with E-state index in [-0.39, 0.29) is 24.7 Å². The first-order valence-corrected chi connectivity index (χ1v) is 22.6. The van der Waals surface area contributed by atoms with Crippen LogP contribution in [0.1, 0.15) is 62.6 Å². The summed E-state index contributed by atoms with van der Waals surface area (Å²) in [4.78, 5) is 33.4. The molecule has 358 valence electrons. The van der Waals surface area contributed by atoms with Crippen molar-refractivity contribution in [1.82, 2.24) is 25.3 Å². The number of aliphatic carboxylic acids is 1. The molecule has 0 unspecified atom stereocenters. The first-order valence-electron chi connectivity index (χ1n) is 19.6. The zero-order valence-electron chi connectivity index (χ0n) is 37.8. The predicted octanol–water partition coefficient (Wildman–Crippen LogP) is 12.2. The summed E-state index contributed by atoms with van der Waals surface area (Å²) in [5.74, 6) is 0.498. The van der Waals surface area contributed by atoms with Crippen molar-refractivity contribution in [1.29, 1.82) is 0 Å². The van der Waals surface area contributed by atoms with Crippen LogP contribution in [0.2, 0.25) is 25.2 Å². The summed E-state index contributed by atoms with van der Waals surface area (Å²) in [6.07, 6.45) is 1.09. The van der Waals surface area contributed by atoms with Crippen molar-refractivity contribution < 1.29 is 33.6 Å². The zero-order chi connectivity index (χ0) is 50.7. The molecule has 0 atom stereocenters. The number of hydrogen-bond acceptors (Lipinski definition) is 14. The average Bonchev–Trinajstić information content (AvgIpc) is 3.86. The van der Waals surface area contributed by atoms with Crippen LogP contribution in [0.5, 0.6) is 0 Å². The summed E-state index contributed by atoms with van der Waals surface area (Å²) < 4.78 is 15.2. The van der Waals surface area contributed by atoms with Gasteiger partial charge in [0, 0.05) is 14.5 Å². The summed E-state index contributed by atoms with van der Waals surface area (Å²) in [5.41, 5.74) is 25.4. The van der Waals surface area contributed by atoms with Crippen LogP contribution in [0.3, 0.4) is 0 Å². The molecule has 0 spiro atoms. The van der Waals surface area contributed by atoms with Gasteiger partial charge in [0.15, 0.2) is 17.4 Å². The van der Waals surface area contributed by atoms with Crippen molar-refractivity contribution in [3.8, 4) is 11.5 Å². The van der Waals surface area contributed by atoms with Gasteiger partial charge in [0.2, 0.25) is 5.89 Å². The number of nitrogens with two attached hydrogens (primary N) is 3. The highest BCUT2D eigenvalue weighted by molar-refractivity contribution is 14.1. The average molecular weight is 1130 g/mol. The molecule has 0 aliphatic carbocycles. The molecule has 3 heterocycles.